The van der Waals surface area contributed by atoms with Crippen molar-refractivity contribution in [1.82, 2.24) is 0 Å². The maximum atomic E-state index is 11.3. The molecular weight excluding hydrogens is 352 g/mol. The van der Waals surface area contributed by atoms with Crippen LogP contribution in [0.25, 0.3) is 0 Å². The Morgan fingerprint density at radius 3 is 2.15 bits per heavy atom. The van der Waals surface area contributed by atoms with Gasteiger partial charge in [0.05, 0.1) is 30.8 Å². The van der Waals surface area contributed by atoms with E-state index >= 15 is 0 Å². The van der Waals surface area contributed by atoms with Crippen LogP contribution in [0.4, 0.5) is 0 Å². The number of esters is 1. The lowest BCUT2D eigenvalue weighted by molar-refractivity contribution is -0.183. The normalized spacial score (nSPS) is 54.7. The van der Waals surface area contributed by atoms with Crippen LogP contribution in [0.3, 0.4) is 0 Å². The Morgan fingerprint density at radius 2 is 1.52 bits per heavy atom. The van der Waals surface area contributed by atoms with Crippen LogP contribution >= 0.6 is 0 Å². The summed E-state index contributed by atoms with van der Waals surface area (Å²) in [6.07, 6.45) is 0.00308. The van der Waals surface area contributed by atoms with E-state index in [1.54, 1.807) is 7.11 Å². The predicted molar refractivity (Wildman–Crippen MR) is 96.9 cm³/mol. The van der Waals surface area contributed by atoms with Crippen LogP contribution in [-0.4, -0.2) is 67.2 Å². The number of hydrogen-bond donors (Lipinski definition) is 1. The minimum atomic E-state index is -0.502. The number of methoxy groups -OCH3 is 1. The molecule has 0 spiro atoms. The summed E-state index contributed by atoms with van der Waals surface area (Å²) in [5.74, 6) is 1.12. The van der Waals surface area contributed by atoms with E-state index in [0.717, 1.165) is 0 Å². The zero-order valence-electron chi connectivity index (χ0n) is 16.0. The molecule has 6 bridgehead atoms. The van der Waals surface area contributed by atoms with Gasteiger partial charge < -0.3 is 28.8 Å². The Hall–Kier alpha value is -0.730. The van der Waals surface area contributed by atoms with Gasteiger partial charge in [-0.15, -0.1) is 0 Å². The van der Waals surface area contributed by atoms with Gasteiger partial charge in [-0.3, -0.25) is 4.79 Å². The third-order valence-corrected chi connectivity index (χ3v) is 6.86. The van der Waals surface area contributed by atoms with Crippen molar-refractivity contribution in [1.29, 1.82) is 0 Å². The first kappa shape index (κ1) is 21.0. The predicted octanol–water partition coefficient (Wildman–Crippen LogP) is 1.75. The highest BCUT2D eigenvalue weighted by Gasteiger charge is 2.63. The van der Waals surface area contributed by atoms with Gasteiger partial charge >= 0.3 is 5.97 Å². The van der Waals surface area contributed by atoms with Crippen LogP contribution < -0.4 is 0 Å². The molecule has 27 heavy (non-hydrogen) atoms. The molecule has 6 saturated heterocycles. The van der Waals surface area contributed by atoms with E-state index in [4.69, 9.17) is 23.7 Å². The number of ether oxygens (including phenoxy) is 5. The summed E-state index contributed by atoms with van der Waals surface area (Å²) in [4.78, 5) is 11.3. The fraction of sp³-hybridized carbons (Fsp3) is 0.950. The molecule has 6 fully saturated rings. The maximum absolute atomic E-state index is 11.3. The van der Waals surface area contributed by atoms with E-state index < -0.39 is 6.29 Å². The molecule has 0 saturated carbocycles. The fourth-order valence-electron chi connectivity index (χ4n) is 5.44. The zero-order valence-corrected chi connectivity index (χ0v) is 16.0. The number of hydrogen-bond acceptors (Lipinski definition) is 7. The molecule has 0 amide bonds. The van der Waals surface area contributed by atoms with Crippen LogP contribution in [0.2, 0.25) is 0 Å². The van der Waals surface area contributed by atoms with Gasteiger partial charge in [-0.1, -0.05) is 35.1 Å². The van der Waals surface area contributed by atoms with Gasteiger partial charge in [0.1, 0.15) is 18.3 Å². The second-order valence-electron chi connectivity index (χ2n) is 8.54. The SMILES string of the molecule is C.CO[C@H]1C2OC(=O)C[C@H](C)[C@H](O2)[C@@H]1C.C[C@@H]1[C@@H]2OC3[C@@H](O)[C@H]1O[C@@H]3[C@H]2C. The van der Waals surface area contributed by atoms with Crippen LogP contribution in [-0.2, 0) is 28.5 Å². The van der Waals surface area contributed by atoms with Gasteiger partial charge in [-0.2, -0.15) is 0 Å². The standard InChI is InChI=1S/C10H16O4.C9H14O3.CH4/c1-5-4-7(11)13-10-9(12-3)6(2)8(5)14-10;1-3-6-4(2)8-9(11-6)5(10)7(3)12-8;/h5-6,8-10H,4H2,1-3H3;3-10H,1-2H3;1H4/t5-,6-,8-,9+,10?;3-,4+,5+,6+,7+,8-,9?;/m01./s1. The number of aliphatic hydroxyl groups excluding tert-OH is 1. The minimum Gasteiger partial charge on any atom is -0.433 e. The Labute approximate surface area is 161 Å². The Kier molecular flexibility index (Phi) is 5.90. The summed E-state index contributed by atoms with van der Waals surface area (Å²) in [6, 6.07) is 0. The molecule has 0 aromatic heterocycles. The molecule has 6 aliphatic rings. The summed E-state index contributed by atoms with van der Waals surface area (Å²) in [5, 5.41) is 9.74. The summed E-state index contributed by atoms with van der Waals surface area (Å²) < 4.78 is 27.5. The molecule has 6 aliphatic heterocycles. The van der Waals surface area contributed by atoms with Crippen LogP contribution in [0.1, 0.15) is 41.5 Å². The number of rotatable bonds is 1. The first-order valence-electron chi connectivity index (χ1n) is 9.70. The molecule has 0 aliphatic carbocycles. The third kappa shape index (κ3) is 3.21. The highest BCUT2D eigenvalue weighted by atomic mass is 16.7. The lowest BCUT2D eigenvalue weighted by Crippen LogP contribution is -2.47. The van der Waals surface area contributed by atoms with E-state index in [9.17, 15) is 9.90 Å². The van der Waals surface area contributed by atoms with Gasteiger partial charge in [-0.05, 0) is 5.92 Å². The van der Waals surface area contributed by atoms with Crippen molar-refractivity contribution in [3.63, 3.8) is 0 Å². The smallest absolute Gasteiger partial charge is 0.308 e. The van der Waals surface area contributed by atoms with Crippen LogP contribution in [0, 0.1) is 23.7 Å². The van der Waals surface area contributed by atoms with Gasteiger partial charge in [0.15, 0.2) is 0 Å². The van der Waals surface area contributed by atoms with E-state index in [1.165, 1.54) is 0 Å². The first-order valence-corrected chi connectivity index (χ1v) is 9.70. The number of aliphatic hydroxyl groups is 1. The lowest BCUT2D eigenvalue weighted by atomic mass is 9.87. The monoisotopic (exact) mass is 386 g/mol. The molecular formula is C20H34O7. The number of carbonyl (C=O) groups excluding carboxylic acids is 1. The van der Waals surface area contributed by atoms with Crippen molar-refractivity contribution < 1.29 is 33.6 Å². The molecule has 156 valence electrons. The molecule has 7 nitrogen and oxygen atoms in total. The highest BCUT2D eigenvalue weighted by Crippen LogP contribution is 2.49. The average Bonchev–Trinajstić information content (AvgIpc) is 3.09. The quantitative estimate of drug-likeness (QED) is 0.688. The molecule has 2 unspecified atom stereocenters. The van der Waals surface area contributed by atoms with Gasteiger partial charge in [0.25, 0.3) is 0 Å². The molecule has 0 aromatic rings. The van der Waals surface area contributed by atoms with Gasteiger partial charge in [0.2, 0.25) is 6.29 Å². The first-order chi connectivity index (χ1) is 12.3. The molecule has 1 N–H and O–H groups in total. The summed E-state index contributed by atoms with van der Waals surface area (Å²) in [7, 11) is 1.63. The number of fused-ring (bicyclic) bond motifs is 2. The summed E-state index contributed by atoms with van der Waals surface area (Å²) >= 11 is 0. The van der Waals surface area contributed by atoms with Crippen molar-refractivity contribution in [2.75, 3.05) is 7.11 Å². The van der Waals surface area contributed by atoms with E-state index in [1.807, 2.05) is 6.92 Å². The number of carbonyl (C=O) groups is 1. The second-order valence-corrected chi connectivity index (χ2v) is 8.54. The van der Waals surface area contributed by atoms with E-state index in [0.29, 0.717) is 24.4 Å². The third-order valence-electron chi connectivity index (χ3n) is 6.86. The van der Waals surface area contributed by atoms with Crippen LogP contribution in [0.15, 0.2) is 0 Å². The average molecular weight is 386 g/mol. The van der Waals surface area contributed by atoms with Gasteiger partial charge in [0, 0.05) is 24.9 Å². The molecule has 0 radical (unpaired) electrons. The maximum Gasteiger partial charge on any atom is 0.308 e. The highest BCUT2D eigenvalue weighted by molar-refractivity contribution is 5.70. The Bertz CT molecular complexity index is 524. The second kappa shape index (κ2) is 7.59. The molecule has 6 heterocycles. The van der Waals surface area contributed by atoms with Gasteiger partial charge in [-0.25, -0.2) is 0 Å². The van der Waals surface area contributed by atoms with E-state index in [2.05, 4.69) is 20.8 Å². The molecule has 0 aromatic carbocycles. The van der Waals surface area contributed by atoms with Crippen molar-refractivity contribution in [2.45, 2.75) is 90.6 Å². The van der Waals surface area contributed by atoms with Crippen LogP contribution in [0.5, 0.6) is 0 Å². The lowest BCUT2D eigenvalue weighted by Gasteiger charge is -2.37. The van der Waals surface area contributed by atoms with Crippen molar-refractivity contribution >= 4 is 5.97 Å². The summed E-state index contributed by atoms with van der Waals surface area (Å²) in [6.45, 7) is 8.35. The Balaban J connectivity index is 0.000000151. The molecule has 7 heteroatoms. The van der Waals surface area contributed by atoms with Crippen molar-refractivity contribution in [3.8, 4) is 0 Å². The molecule has 12 atom stereocenters. The van der Waals surface area contributed by atoms with Crippen molar-refractivity contribution in [2.24, 2.45) is 23.7 Å². The largest absolute Gasteiger partial charge is 0.433 e. The van der Waals surface area contributed by atoms with E-state index in [-0.39, 0.29) is 61.9 Å². The minimum absolute atomic E-state index is 0. The fourth-order valence-corrected chi connectivity index (χ4v) is 5.44. The molecule has 6 rings (SSSR count). The topological polar surface area (TPSA) is 83.5 Å². The van der Waals surface area contributed by atoms with Crippen molar-refractivity contribution in [3.05, 3.63) is 0 Å². The summed E-state index contributed by atoms with van der Waals surface area (Å²) in [5.41, 5.74) is 0. The zero-order chi connectivity index (χ0) is 18.7. The Morgan fingerprint density at radius 1 is 0.889 bits per heavy atom.